The first-order valence-corrected chi connectivity index (χ1v) is 6.80. The van der Waals surface area contributed by atoms with Crippen LogP contribution in [0.2, 0.25) is 0 Å². The highest BCUT2D eigenvalue weighted by Crippen LogP contribution is 2.65. The molecule has 0 saturated carbocycles. The largest absolute Gasteiger partial charge is 0.345 e. The summed E-state index contributed by atoms with van der Waals surface area (Å²) < 4.78 is 5.98. The van der Waals surface area contributed by atoms with E-state index in [-0.39, 0.29) is 11.9 Å². The van der Waals surface area contributed by atoms with Crippen LogP contribution in [0.1, 0.15) is 24.1 Å². The molecule has 0 radical (unpaired) electrons. The maximum absolute atomic E-state index is 12.3. The third kappa shape index (κ3) is 1.26. The van der Waals surface area contributed by atoms with Crippen molar-refractivity contribution in [3.63, 3.8) is 0 Å². The quantitative estimate of drug-likeness (QED) is 0.848. The predicted octanol–water partition coefficient (Wildman–Crippen LogP) is 2.54. The van der Waals surface area contributed by atoms with Gasteiger partial charge in [0.05, 0.1) is 6.04 Å². The Morgan fingerprint density at radius 1 is 1.00 bits per heavy atom. The van der Waals surface area contributed by atoms with Gasteiger partial charge >= 0.3 is 0 Å². The Labute approximate surface area is 117 Å². The maximum Gasteiger partial charge on any atom is 0.256 e. The van der Waals surface area contributed by atoms with Crippen molar-refractivity contribution in [2.45, 2.75) is 24.2 Å². The molecule has 4 rings (SSSR count). The van der Waals surface area contributed by atoms with Crippen molar-refractivity contribution in [2.75, 3.05) is 0 Å². The van der Waals surface area contributed by atoms with E-state index in [2.05, 4.69) is 5.32 Å². The third-order valence-corrected chi connectivity index (χ3v) is 4.48. The summed E-state index contributed by atoms with van der Waals surface area (Å²) in [6.45, 7) is 1.87. The summed E-state index contributed by atoms with van der Waals surface area (Å²) in [6.07, 6.45) is 0. The molecule has 3 nitrogen and oxygen atoms in total. The van der Waals surface area contributed by atoms with Crippen molar-refractivity contribution < 1.29 is 9.53 Å². The van der Waals surface area contributed by atoms with E-state index < -0.39 is 11.2 Å². The number of nitrogens with one attached hydrogen (secondary N) is 1. The number of morpholine rings is 1. The molecule has 2 aliphatic heterocycles. The Bertz CT molecular complexity index is 670. The smallest absolute Gasteiger partial charge is 0.256 e. The highest BCUT2D eigenvalue weighted by atomic mass is 16.6. The monoisotopic (exact) mass is 265 g/mol. The number of hydrogen-bond acceptors (Lipinski definition) is 2. The second-order valence-corrected chi connectivity index (χ2v) is 5.55. The van der Waals surface area contributed by atoms with Gasteiger partial charge in [0.15, 0.2) is 11.2 Å². The molecular formula is C17H15NO2. The molecule has 1 amide bonds. The first-order valence-electron chi connectivity index (χ1n) is 6.80. The number of carbonyl (C=O) groups is 1. The number of ether oxygens (including phenoxy) is 1. The molecule has 0 bridgehead atoms. The summed E-state index contributed by atoms with van der Waals surface area (Å²) in [7, 11) is 0. The zero-order valence-electron chi connectivity index (χ0n) is 11.2. The fourth-order valence-corrected chi connectivity index (χ4v) is 3.37. The van der Waals surface area contributed by atoms with E-state index in [1.165, 1.54) is 0 Å². The lowest BCUT2D eigenvalue weighted by Crippen LogP contribution is -2.30. The van der Waals surface area contributed by atoms with Gasteiger partial charge in [0, 0.05) is 0 Å². The zero-order chi connectivity index (χ0) is 13.8. The normalized spacial score (nSPS) is 34.5. The molecule has 2 aromatic carbocycles. The van der Waals surface area contributed by atoms with Crippen LogP contribution < -0.4 is 5.32 Å². The van der Waals surface area contributed by atoms with Crippen molar-refractivity contribution in [2.24, 2.45) is 0 Å². The van der Waals surface area contributed by atoms with Crippen LogP contribution in [0.15, 0.2) is 60.7 Å². The average molecular weight is 265 g/mol. The van der Waals surface area contributed by atoms with Crippen LogP contribution in [0.5, 0.6) is 0 Å². The molecule has 2 heterocycles. The number of fused-ring (bicyclic) bond motifs is 1. The third-order valence-electron chi connectivity index (χ3n) is 4.48. The molecule has 2 aliphatic rings. The molecule has 20 heavy (non-hydrogen) atoms. The van der Waals surface area contributed by atoms with Crippen molar-refractivity contribution in [1.82, 2.24) is 5.32 Å². The molecule has 2 aromatic rings. The van der Waals surface area contributed by atoms with E-state index in [9.17, 15) is 4.79 Å². The summed E-state index contributed by atoms with van der Waals surface area (Å²) >= 11 is 0. The Morgan fingerprint density at radius 2 is 1.60 bits per heavy atom. The summed E-state index contributed by atoms with van der Waals surface area (Å²) in [5.74, 6) is -0.0322. The van der Waals surface area contributed by atoms with Gasteiger partial charge in [0.25, 0.3) is 5.91 Å². The zero-order valence-corrected chi connectivity index (χ0v) is 11.2. The lowest BCUT2D eigenvalue weighted by atomic mass is 9.82. The van der Waals surface area contributed by atoms with E-state index in [4.69, 9.17) is 4.74 Å². The predicted molar refractivity (Wildman–Crippen MR) is 74.9 cm³/mol. The van der Waals surface area contributed by atoms with E-state index in [1.807, 2.05) is 67.6 Å². The minimum atomic E-state index is -0.755. The second kappa shape index (κ2) is 3.70. The summed E-state index contributed by atoms with van der Waals surface area (Å²) in [5.41, 5.74) is 0.794. The van der Waals surface area contributed by atoms with Gasteiger partial charge in [-0.15, -0.1) is 0 Å². The van der Waals surface area contributed by atoms with Gasteiger partial charge in [0.2, 0.25) is 0 Å². The van der Waals surface area contributed by atoms with E-state index in [1.54, 1.807) is 0 Å². The van der Waals surface area contributed by atoms with Crippen molar-refractivity contribution in [1.29, 1.82) is 0 Å². The topological polar surface area (TPSA) is 41.6 Å². The molecule has 2 fully saturated rings. The Hall–Kier alpha value is -2.13. The molecule has 100 valence electrons. The fourth-order valence-electron chi connectivity index (χ4n) is 3.37. The van der Waals surface area contributed by atoms with Gasteiger partial charge in [-0.25, -0.2) is 0 Å². The van der Waals surface area contributed by atoms with Gasteiger partial charge in [-0.1, -0.05) is 60.7 Å². The van der Waals surface area contributed by atoms with Gasteiger partial charge in [0.1, 0.15) is 0 Å². The van der Waals surface area contributed by atoms with Crippen molar-refractivity contribution >= 4 is 5.91 Å². The van der Waals surface area contributed by atoms with Gasteiger partial charge in [-0.3, -0.25) is 4.79 Å². The average Bonchev–Trinajstić information content (AvgIpc) is 3.08. The van der Waals surface area contributed by atoms with Crippen molar-refractivity contribution in [3.05, 3.63) is 71.8 Å². The van der Waals surface area contributed by atoms with Gasteiger partial charge in [-0.2, -0.15) is 0 Å². The molecule has 2 saturated heterocycles. The van der Waals surface area contributed by atoms with Crippen LogP contribution in [0.25, 0.3) is 0 Å². The lowest BCUT2D eigenvalue weighted by molar-refractivity contribution is -0.125. The number of rotatable bonds is 2. The minimum absolute atomic E-state index is 0.0322. The van der Waals surface area contributed by atoms with Crippen LogP contribution in [0.4, 0.5) is 0 Å². The van der Waals surface area contributed by atoms with E-state index in [0.29, 0.717) is 0 Å². The van der Waals surface area contributed by atoms with Crippen LogP contribution in [0.3, 0.4) is 0 Å². The standard InChI is InChI=1S/C17H15NO2/c1-16-15(19)18-14(12-8-4-2-5-9-12)17(16,20-16)13-10-6-3-7-11-13/h2-11,14H,1H3,(H,18,19)/t14-,16+,17-/m0/s1. The number of epoxide rings is 1. The first kappa shape index (κ1) is 11.7. The summed E-state index contributed by atoms with van der Waals surface area (Å²) in [4.78, 5) is 12.3. The van der Waals surface area contributed by atoms with E-state index >= 15 is 0 Å². The van der Waals surface area contributed by atoms with Gasteiger partial charge in [-0.05, 0) is 18.1 Å². The second-order valence-electron chi connectivity index (χ2n) is 5.55. The Balaban J connectivity index is 1.87. The number of benzene rings is 2. The molecule has 3 heteroatoms. The van der Waals surface area contributed by atoms with Gasteiger partial charge < -0.3 is 10.1 Å². The molecule has 0 aliphatic carbocycles. The summed E-state index contributed by atoms with van der Waals surface area (Å²) in [6, 6.07) is 19.9. The number of hydrogen-bond donors (Lipinski definition) is 1. The highest BCUT2D eigenvalue weighted by molar-refractivity contribution is 5.94. The fraction of sp³-hybridized carbons (Fsp3) is 0.235. The molecular weight excluding hydrogens is 250 g/mol. The minimum Gasteiger partial charge on any atom is -0.345 e. The highest BCUT2D eigenvalue weighted by Gasteiger charge is 2.80. The lowest BCUT2D eigenvalue weighted by Gasteiger charge is -2.21. The maximum atomic E-state index is 12.3. The number of carbonyl (C=O) groups excluding carboxylic acids is 1. The SMILES string of the molecule is C[C@]12O[C@@]1(c1ccccc1)[C@H](c1ccccc1)NC2=O. The van der Waals surface area contributed by atoms with Crippen LogP contribution >= 0.6 is 0 Å². The first-order chi connectivity index (χ1) is 9.68. The Kier molecular flexibility index (Phi) is 2.16. The Morgan fingerprint density at radius 3 is 2.20 bits per heavy atom. The van der Waals surface area contributed by atoms with E-state index in [0.717, 1.165) is 11.1 Å². The van der Waals surface area contributed by atoms with Crippen molar-refractivity contribution in [3.8, 4) is 0 Å². The molecule has 1 N–H and O–H groups in total. The van der Waals surface area contributed by atoms with Crippen LogP contribution in [-0.2, 0) is 15.1 Å². The molecule has 0 unspecified atom stereocenters. The summed E-state index contributed by atoms with van der Waals surface area (Å²) in [5, 5.41) is 3.09. The van der Waals surface area contributed by atoms with Crippen LogP contribution in [0, 0.1) is 0 Å². The molecule has 0 aromatic heterocycles. The molecule has 0 spiro atoms. The van der Waals surface area contributed by atoms with Crippen LogP contribution in [-0.4, -0.2) is 11.5 Å². The molecule has 3 atom stereocenters. The number of amides is 1.